The van der Waals surface area contributed by atoms with Gasteiger partial charge in [-0.2, -0.15) is 5.10 Å². The lowest BCUT2D eigenvalue weighted by Crippen LogP contribution is -2.18. The van der Waals surface area contributed by atoms with Crippen LogP contribution in [0.2, 0.25) is 5.02 Å². The van der Waals surface area contributed by atoms with Crippen LogP contribution in [0.15, 0.2) is 23.3 Å². The Morgan fingerprint density at radius 3 is 3.05 bits per heavy atom. The molecule has 1 fully saturated rings. The monoisotopic (exact) mass is 384 g/mol. The predicted molar refractivity (Wildman–Crippen MR) is 92.0 cm³/mol. The maximum Gasteiger partial charge on any atom is 0.150 e. The van der Waals surface area contributed by atoms with E-state index in [-0.39, 0.29) is 12.8 Å². The molecule has 0 amide bonds. The molecule has 6 heteroatoms. The fraction of sp³-hybridized carbons (Fsp3) is 0.438. The molecule has 0 radical (unpaired) electrons. The first-order chi connectivity index (χ1) is 10.6. The van der Waals surface area contributed by atoms with Gasteiger partial charge in [-0.25, -0.2) is 4.68 Å². The van der Waals surface area contributed by atoms with Crippen LogP contribution in [0, 0.1) is 0 Å². The minimum absolute atomic E-state index is 0.0271. The Kier molecular flexibility index (Phi) is 4.88. The Bertz CT molecular complexity index is 708. The summed E-state index contributed by atoms with van der Waals surface area (Å²) in [6.45, 7) is 4.83. The summed E-state index contributed by atoms with van der Waals surface area (Å²) < 4.78 is 8.60. The van der Waals surface area contributed by atoms with Gasteiger partial charge in [0, 0.05) is 28.6 Å². The van der Waals surface area contributed by atoms with Crippen LogP contribution in [0.4, 0.5) is 0 Å². The quantitative estimate of drug-likeness (QED) is 0.840. The Morgan fingerprint density at radius 2 is 2.36 bits per heavy atom. The second-order valence-electron chi connectivity index (χ2n) is 5.47. The zero-order valence-electron chi connectivity index (χ0n) is 12.2. The van der Waals surface area contributed by atoms with Crippen molar-refractivity contribution in [1.29, 1.82) is 0 Å². The molecule has 4 nitrogen and oxygen atoms in total. The van der Waals surface area contributed by atoms with Gasteiger partial charge in [-0.15, -0.1) is 0 Å². The second-order valence-corrected chi connectivity index (χ2v) is 6.67. The van der Waals surface area contributed by atoms with Crippen LogP contribution < -0.4 is 0 Å². The maximum absolute atomic E-state index is 9.12. The van der Waals surface area contributed by atoms with Crippen molar-refractivity contribution in [3.8, 4) is 0 Å². The highest BCUT2D eigenvalue weighted by atomic mass is 79.9. The van der Waals surface area contributed by atoms with E-state index in [9.17, 15) is 0 Å². The highest BCUT2D eigenvalue weighted by Crippen LogP contribution is 2.39. The zero-order valence-corrected chi connectivity index (χ0v) is 14.5. The van der Waals surface area contributed by atoms with E-state index in [1.54, 1.807) is 0 Å². The molecule has 2 heterocycles. The van der Waals surface area contributed by atoms with Crippen molar-refractivity contribution in [2.24, 2.45) is 0 Å². The highest BCUT2D eigenvalue weighted by molar-refractivity contribution is 9.10. The third kappa shape index (κ3) is 2.83. The van der Waals surface area contributed by atoms with E-state index in [0.717, 1.165) is 52.4 Å². The smallest absolute Gasteiger partial charge is 0.150 e. The molecule has 3 rings (SSSR count). The molecular weight excluding hydrogens is 368 g/mol. The number of ether oxygens (including phenoxy) is 1. The first kappa shape index (κ1) is 16.0. The van der Waals surface area contributed by atoms with Crippen molar-refractivity contribution in [3.05, 3.63) is 33.9 Å². The summed E-state index contributed by atoms with van der Waals surface area (Å²) in [5.41, 5.74) is 2.60. The third-order valence-electron chi connectivity index (χ3n) is 3.99. The van der Waals surface area contributed by atoms with Crippen LogP contribution in [0.25, 0.3) is 16.5 Å². The molecule has 118 valence electrons. The minimum atomic E-state index is -0.0271. The van der Waals surface area contributed by atoms with Crippen molar-refractivity contribution in [3.63, 3.8) is 0 Å². The molecule has 1 aromatic carbocycles. The van der Waals surface area contributed by atoms with Crippen LogP contribution in [0.1, 0.15) is 37.5 Å². The standard InChI is InChI=1S/C16H18BrClN2O2/c1-10(5-6-21)15-12(18)8-13-11(16(15)17)9-19-20(13)14-4-2-3-7-22-14/h8-9,14,21H,1-7H2. The Labute approximate surface area is 142 Å². The van der Waals surface area contributed by atoms with E-state index in [1.165, 1.54) is 0 Å². The van der Waals surface area contributed by atoms with Crippen molar-refractivity contribution >= 4 is 44.0 Å². The van der Waals surface area contributed by atoms with Gasteiger partial charge in [0.25, 0.3) is 0 Å². The average molecular weight is 386 g/mol. The van der Waals surface area contributed by atoms with Crippen molar-refractivity contribution < 1.29 is 9.84 Å². The van der Waals surface area contributed by atoms with E-state index in [1.807, 2.05) is 16.9 Å². The van der Waals surface area contributed by atoms with E-state index in [2.05, 4.69) is 27.6 Å². The minimum Gasteiger partial charge on any atom is -0.396 e. The van der Waals surface area contributed by atoms with Gasteiger partial charge < -0.3 is 9.84 Å². The van der Waals surface area contributed by atoms with E-state index >= 15 is 0 Å². The summed E-state index contributed by atoms with van der Waals surface area (Å²) in [6, 6.07) is 1.91. The molecule has 0 saturated carbocycles. The van der Waals surface area contributed by atoms with Gasteiger partial charge in [0.1, 0.15) is 0 Å². The molecule has 1 aromatic heterocycles. The van der Waals surface area contributed by atoms with E-state index < -0.39 is 0 Å². The number of hydrogen-bond donors (Lipinski definition) is 1. The zero-order chi connectivity index (χ0) is 15.7. The normalized spacial score (nSPS) is 18.8. The lowest BCUT2D eigenvalue weighted by atomic mass is 10.0. The molecule has 1 saturated heterocycles. The van der Waals surface area contributed by atoms with Crippen LogP contribution in [-0.4, -0.2) is 28.1 Å². The number of halogens is 2. The molecule has 0 aliphatic carbocycles. The van der Waals surface area contributed by atoms with E-state index in [4.69, 9.17) is 21.4 Å². The molecule has 1 N–H and O–H groups in total. The summed E-state index contributed by atoms with van der Waals surface area (Å²) in [7, 11) is 0. The molecule has 0 bridgehead atoms. The second kappa shape index (κ2) is 6.71. The first-order valence-electron chi connectivity index (χ1n) is 7.39. The van der Waals surface area contributed by atoms with Gasteiger partial charge in [-0.05, 0) is 53.3 Å². The largest absolute Gasteiger partial charge is 0.396 e. The Balaban J connectivity index is 2.08. The number of aromatic nitrogens is 2. The van der Waals surface area contributed by atoms with Crippen LogP contribution >= 0.6 is 27.5 Å². The average Bonchev–Trinajstić information content (AvgIpc) is 2.92. The summed E-state index contributed by atoms with van der Waals surface area (Å²) in [5.74, 6) is 0. The van der Waals surface area contributed by atoms with Gasteiger partial charge in [0.05, 0.1) is 16.7 Å². The van der Waals surface area contributed by atoms with Crippen molar-refractivity contribution in [1.82, 2.24) is 9.78 Å². The molecule has 1 aliphatic rings. The number of benzene rings is 1. The number of rotatable bonds is 4. The van der Waals surface area contributed by atoms with Crippen molar-refractivity contribution in [2.75, 3.05) is 13.2 Å². The first-order valence-corrected chi connectivity index (χ1v) is 8.56. The number of fused-ring (bicyclic) bond motifs is 1. The summed E-state index contributed by atoms with van der Waals surface area (Å²) in [4.78, 5) is 0. The van der Waals surface area contributed by atoms with Crippen molar-refractivity contribution in [2.45, 2.75) is 31.9 Å². The number of nitrogens with zero attached hydrogens (tertiary/aromatic N) is 2. The molecule has 2 aromatic rings. The number of aliphatic hydroxyl groups is 1. The lowest BCUT2D eigenvalue weighted by molar-refractivity contribution is -0.0366. The topological polar surface area (TPSA) is 47.3 Å². The van der Waals surface area contributed by atoms with Gasteiger partial charge in [0.2, 0.25) is 0 Å². The molecule has 22 heavy (non-hydrogen) atoms. The number of hydrogen-bond acceptors (Lipinski definition) is 3. The molecule has 1 unspecified atom stereocenters. The highest BCUT2D eigenvalue weighted by Gasteiger charge is 2.21. The van der Waals surface area contributed by atoms with Gasteiger partial charge >= 0.3 is 0 Å². The fourth-order valence-corrected chi connectivity index (χ4v) is 4.09. The number of aliphatic hydroxyl groups excluding tert-OH is 1. The summed E-state index contributed by atoms with van der Waals surface area (Å²) in [6.07, 6.45) is 5.50. The summed E-state index contributed by atoms with van der Waals surface area (Å²) in [5, 5.41) is 15.2. The van der Waals surface area contributed by atoms with Crippen LogP contribution in [0.5, 0.6) is 0 Å². The predicted octanol–water partition coefficient (Wildman–Crippen LogP) is 4.55. The molecule has 1 atom stereocenters. The van der Waals surface area contributed by atoms with Crippen LogP contribution in [-0.2, 0) is 4.74 Å². The maximum atomic E-state index is 9.12. The Hall–Kier alpha value is -0.880. The molecule has 1 aliphatic heterocycles. The Morgan fingerprint density at radius 1 is 1.55 bits per heavy atom. The van der Waals surface area contributed by atoms with Gasteiger partial charge in [0.15, 0.2) is 6.23 Å². The summed E-state index contributed by atoms with van der Waals surface area (Å²) >= 11 is 10.1. The van der Waals surface area contributed by atoms with E-state index in [0.29, 0.717) is 11.4 Å². The van der Waals surface area contributed by atoms with Gasteiger partial charge in [-0.3, -0.25) is 0 Å². The lowest BCUT2D eigenvalue weighted by Gasteiger charge is -2.23. The van der Waals surface area contributed by atoms with Crippen LogP contribution in [0.3, 0.4) is 0 Å². The molecule has 0 spiro atoms. The molecular formula is C16H18BrClN2O2. The fourth-order valence-electron chi connectivity index (χ4n) is 2.85. The SMILES string of the molecule is C=C(CCO)c1c(Cl)cc2c(cnn2C2CCCCO2)c1Br. The third-order valence-corrected chi connectivity index (χ3v) is 5.11. The van der Waals surface area contributed by atoms with Gasteiger partial charge in [-0.1, -0.05) is 18.2 Å².